The van der Waals surface area contributed by atoms with Gasteiger partial charge in [-0.1, -0.05) is 44.2 Å². The van der Waals surface area contributed by atoms with Crippen LogP contribution in [0.1, 0.15) is 42.5 Å². The van der Waals surface area contributed by atoms with Gasteiger partial charge in [0.25, 0.3) is 5.56 Å². The largest absolute Gasteiger partial charge is 0.313 e. The Hall–Kier alpha value is -1.87. The van der Waals surface area contributed by atoms with Gasteiger partial charge in [0, 0.05) is 18.3 Å². The zero-order valence-corrected chi connectivity index (χ0v) is 13.3. The molecule has 1 unspecified atom stereocenters. The number of aromatic nitrogens is 1. The molecule has 0 amide bonds. The Morgan fingerprint density at radius 3 is 2.29 bits per heavy atom. The van der Waals surface area contributed by atoms with Crippen LogP contribution >= 0.6 is 0 Å². The summed E-state index contributed by atoms with van der Waals surface area (Å²) in [6.45, 7) is 6.87. The lowest BCUT2D eigenvalue weighted by atomic mass is 9.99. The highest BCUT2D eigenvalue weighted by Crippen LogP contribution is 2.19. The van der Waals surface area contributed by atoms with Crippen LogP contribution in [-0.2, 0) is 6.54 Å². The molecule has 112 valence electrons. The minimum absolute atomic E-state index is 0.0801. The standard InChI is InChI=1S/C18H24N2O/c1-13(2)15-7-9-16(10-8-15)17(19-4)12-20-11-5-6-14(3)18(20)21/h5-11,13,17,19H,12H2,1-4H3. The Bertz CT molecular complexity index is 641. The fraction of sp³-hybridized carbons (Fsp3) is 0.389. The summed E-state index contributed by atoms with van der Waals surface area (Å²) in [7, 11) is 1.93. The van der Waals surface area contributed by atoms with Crippen molar-refractivity contribution >= 4 is 0 Å². The van der Waals surface area contributed by atoms with Crippen LogP contribution < -0.4 is 10.9 Å². The normalized spacial score (nSPS) is 12.6. The topological polar surface area (TPSA) is 34.0 Å². The number of aryl methyl sites for hydroxylation is 1. The molecule has 1 aromatic heterocycles. The zero-order valence-electron chi connectivity index (χ0n) is 13.3. The van der Waals surface area contributed by atoms with Crippen LogP contribution in [0.3, 0.4) is 0 Å². The Kier molecular flexibility index (Phi) is 4.97. The van der Waals surface area contributed by atoms with Gasteiger partial charge in [-0.15, -0.1) is 0 Å². The number of likely N-dealkylation sites (N-methyl/N-ethyl adjacent to an activating group) is 1. The molecule has 1 aromatic carbocycles. The van der Waals surface area contributed by atoms with E-state index in [1.54, 1.807) is 4.57 Å². The lowest BCUT2D eigenvalue weighted by molar-refractivity contribution is 0.490. The minimum atomic E-state index is 0.0801. The second-order valence-corrected chi connectivity index (χ2v) is 5.81. The third-order valence-corrected chi connectivity index (χ3v) is 3.94. The fourth-order valence-corrected chi connectivity index (χ4v) is 2.47. The molecule has 0 aliphatic carbocycles. The van der Waals surface area contributed by atoms with Crippen LogP contribution in [0.2, 0.25) is 0 Å². The molecule has 21 heavy (non-hydrogen) atoms. The predicted octanol–water partition coefficient (Wildman–Crippen LogP) is 3.24. The average Bonchev–Trinajstić information content (AvgIpc) is 2.49. The van der Waals surface area contributed by atoms with Crippen LogP contribution in [-0.4, -0.2) is 11.6 Å². The van der Waals surface area contributed by atoms with E-state index in [-0.39, 0.29) is 11.6 Å². The summed E-state index contributed by atoms with van der Waals surface area (Å²) in [6, 6.07) is 12.5. The van der Waals surface area contributed by atoms with Gasteiger partial charge in [0.05, 0.1) is 6.04 Å². The third-order valence-electron chi connectivity index (χ3n) is 3.94. The first-order chi connectivity index (χ1) is 10.0. The molecule has 3 heteroatoms. The number of nitrogens with one attached hydrogen (secondary N) is 1. The van der Waals surface area contributed by atoms with Crippen molar-refractivity contribution < 1.29 is 0 Å². The molecule has 0 aliphatic rings. The molecule has 1 heterocycles. The molecular formula is C18H24N2O. The Morgan fingerprint density at radius 1 is 1.10 bits per heavy atom. The molecule has 1 atom stereocenters. The number of benzene rings is 1. The van der Waals surface area contributed by atoms with Crippen molar-refractivity contribution in [3.63, 3.8) is 0 Å². The summed E-state index contributed by atoms with van der Waals surface area (Å²) in [5.74, 6) is 0.534. The van der Waals surface area contributed by atoms with Gasteiger partial charge in [-0.05, 0) is 37.1 Å². The molecule has 0 radical (unpaired) electrons. The second kappa shape index (κ2) is 6.72. The van der Waals surface area contributed by atoms with Gasteiger partial charge < -0.3 is 9.88 Å². The molecule has 0 saturated carbocycles. The maximum absolute atomic E-state index is 12.1. The molecule has 0 fully saturated rings. The molecule has 0 saturated heterocycles. The van der Waals surface area contributed by atoms with Crippen molar-refractivity contribution in [2.24, 2.45) is 0 Å². The maximum atomic E-state index is 12.1. The molecule has 3 nitrogen and oxygen atoms in total. The number of nitrogens with zero attached hydrogens (tertiary/aromatic N) is 1. The first kappa shape index (κ1) is 15.5. The maximum Gasteiger partial charge on any atom is 0.253 e. The summed E-state index contributed by atoms with van der Waals surface area (Å²) >= 11 is 0. The summed E-state index contributed by atoms with van der Waals surface area (Å²) in [6.07, 6.45) is 1.85. The average molecular weight is 284 g/mol. The van der Waals surface area contributed by atoms with Crippen molar-refractivity contribution in [1.29, 1.82) is 0 Å². The highest BCUT2D eigenvalue weighted by Gasteiger charge is 2.11. The van der Waals surface area contributed by atoms with Crippen molar-refractivity contribution in [2.45, 2.75) is 39.3 Å². The SMILES string of the molecule is CNC(Cn1cccc(C)c1=O)c1ccc(C(C)C)cc1. The van der Waals surface area contributed by atoms with E-state index in [4.69, 9.17) is 0 Å². The summed E-state index contributed by atoms with van der Waals surface area (Å²) in [5, 5.41) is 3.30. The zero-order chi connectivity index (χ0) is 15.4. The van der Waals surface area contributed by atoms with Crippen LogP contribution in [0.4, 0.5) is 0 Å². The van der Waals surface area contributed by atoms with Gasteiger partial charge in [0.1, 0.15) is 0 Å². The first-order valence-electron chi connectivity index (χ1n) is 7.46. The number of rotatable bonds is 5. The van der Waals surface area contributed by atoms with Gasteiger partial charge in [-0.3, -0.25) is 4.79 Å². The molecule has 0 spiro atoms. The van der Waals surface area contributed by atoms with Crippen LogP contribution in [0, 0.1) is 6.92 Å². The van der Waals surface area contributed by atoms with Crippen LogP contribution in [0.25, 0.3) is 0 Å². The fourth-order valence-electron chi connectivity index (χ4n) is 2.47. The molecule has 0 aliphatic heterocycles. The van der Waals surface area contributed by atoms with E-state index in [0.29, 0.717) is 12.5 Å². The second-order valence-electron chi connectivity index (χ2n) is 5.81. The quantitative estimate of drug-likeness (QED) is 0.914. The first-order valence-corrected chi connectivity index (χ1v) is 7.46. The van der Waals surface area contributed by atoms with Crippen molar-refractivity contribution in [3.8, 4) is 0 Å². The van der Waals surface area contributed by atoms with Gasteiger partial charge >= 0.3 is 0 Å². The Labute approximate surface area is 126 Å². The highest BCUT2D eigenvalue weighted by molar-refractivity contribution is 5.27. The Morgan fingerprint density at radius 2 is 1.71 bits per heavy atom. The van der Waals surface area contributed by atoms with Gasteiger partial charge in [-0.25, -0.2) is 0 Å². The van der Waals surface area contributed by atoms with Crippen molar-refractivity contribution in [3.05, 3.63) is 69.6 Å². The lowest BCUT2D eigenvalue weighted by Gasteiger charge is -2.19. The van der Waals surface area contributed by atoms with Crippen LogP contribution in [0.15, 0.2) is 47.4 Å². The molecule has 2 rings (SSSR count). The van der Waals surface area contributed by atoms with Crippen molar-refractivity contribution in [1.82, 2.24) is 9.88 Å². The summed E-state index contributed by atoms with van der Waals surface area (Å²) < 4.78 is 1.77. The Balaban J connectivity index is 2.23. The molecule has 1 N–H and O–H groups in total. The number of pyridine rings is 1. The van der Waals surface area contributed by atoms with E-state index in [1.807, 2.05) is 32.3 Å². The highest BCUT2D eigenvalue weighted by atomic mass is 16.1. The predicted molar refractivity (Wildman–Crippen MR) is 87.8 cm³/mol. The molecular weight excluding hydrogens is 260 g/mol. The van der Waals surface area contributed by atoms with Gasteiger partial charge in [0.2, 0.25) is 0 Å². The summed E-state index contributed by atoms with van der Waals surface area (Å²) in [5.41, 5.74) is 3.40. The van der Waals surface area contributed by atoms with E-state index >= 15 is 0 Å². The summed E-state index contributed by atoms with van der Waals surface area (Å²) in [4.78, 5) is 12.1. The van der Waals surface area contributed by atoms with Crippen molar-refractivity contribution in [2.75, 3.05) is 7.05 Å². The van der Waals surface area contributed by atoms with E-state index < -0.39 is 0 Å². The van der Waals surface area contributed by atoms with E-state index in [9.17, 15) is 4.79 Å². The van der Waals surface area contributed by atoms with E-state index in [1.165, 1.54) is 11.1 Å². The van der Waals surface area contributed by atoms with E-state index in [0.717, 1.165) is 5.56 Å². The van der Waals surface area contributed by atoms with Crippen LogP contribution in [0.5, 0.6) is 0 Å². The lowest BCUT2D eigenvalue weighted by Crippen LogP contribution is -2.29. The van der Waals surface area contributed by atoms with Gasteiger partial charge in [0.15, 0.2) is 0 Å². The third kappa shape index (κ3) is 3.61. The molecule has 0 bridgehead atoms. The van der Waals surface area contributed by atoms with E-state index in [2.05, 4.69) is 43.4 Å². The minimum Gasteiger partial charge on any atom is -0.313 e. The number of hydrogen-bond acceptors (Lipinski definition) is 2. The smallest absolute Gasteiger partial charge is 0.253 e. The monoisotopic (exact) mass is 284 g/mol. The number of hydrogen-bond donors (Lipinski definition) is 1. The molecule has 2 aromatic rings. The van der Waals surface area contributed by atoms with Gasteiger partial charge in [-0.2, -0.15) is 0 Å².